The van der Waals surface area contributed by atoms with Gasteiger partial charge in [-0.1, -0.05) is 35.9 Å². The largest absolute Gasteiger partial charge is 0.480 e. The molecule has 3 heterocycles. The number of aromatic nitrogens is 3. The Morgan fingerprint density at radius 1 is 1.05 bits per heavy atom. The number of hydrogen-bond donors (Lipinski definition) is 3. The highest BCUT2D eigenvalue weighted by molar-refractivity contribution is 6.34. The van der Waals surface area contributed by atoms with E-state index in [0.717, 1.165) is 22.0 Å². The third kappa shape index (κ3) is 5.38. The lowest BCUT2D eigenvalue weighted by Crippen LogP contribution is -2.55. The van der Waals surface area contributed by atoms with Gasteiger partial charge in [-0.2, -0.15) is 0 Å². The van der Waals surface area contributed by atoms with Gasteiger partial charge in [0.1, 0.15) is 11.9 Å². The average molecular weight is 536 g/mol. The number of carboxylic acid groups (broad SMARTS) is 1. The van der Waals surface area contributed by atoms with Gasteiger partial charge in [0.2, 0.25) is 5.95 Å². The number of pyridine rings is 1. The topological polar surface area (TPSA) is 120 Å². The predicted molar refractivity (Wildman–Crippen MR) is 146 cm³/mol. The summed E-state index contributed by atoms with van der Waals surface area (Å²) in [6.45, 7) is 2.72. The molecule has 5 rings (SSSR count). The van der Waals surface area contributed by atoms with Gasteiger partial charge in [0.05, 0.1) is 16.2 Å². The van der Waals surface area contributed by atoms with Crippen LogP contribution in [0.15, 0.2) is 61.1 Å². The standard InChI is InChI=1S/C27H27ClFN7O2/c28-21-16-31-23-6-5-17(11-20(23)25(21)32-13-18-3-1-2-4-22(18)29)19-14-33-27(34-15-19)36-9-7-35(8-10-36)24(12-30)26(37)38/h1-6,11,14-16,24H,7-10,12-13,30H2,(H,31,32)(H,37,38). The lowest BCUT2D eigenvalue weighted by molar-refractivity contribution is -0.143. The van der Waals surface area contributed by atoms with Crippen LogP contribution in [-0.2, 0) is 11.3 Å². The summed E-state index contributed by atoms with van der Waals surface area (Å²) < 4.78 is 14.1. The van der Waals surface area contributed by atoms with Crippen LogP contribution in [0.5, 0.6) is 0 Å². The summed E-state index contributed by atoms with van der Waals surface area (Å²) in [5.74, 6) is -0.598. The number of anilines is 2. The Labute approximate surface area is 224 Å². The number of rotatable bonds is 8. The van der Waals surface area contributed by atoms with Crippen LogP contribution >= 0.6 is 11.6 Å². The molecule has 38 heavy (non-hydrogen) atoms. The second-order valence-corrected chi connectivity index (χ2v) is 9.45. The van der Waals surface area contributed by atoms with Gasteiger partial charge in [-0.05, 0) is 23.8 Å². The molecule has 1 aliphatic rings. The molecular formula is C27H27ClFN7O2. The average Bonchev–Trinajstić information content (AvgIpc) is 2.94. The minimum Gasteiger partial charge on any atom is -0.480 e. The van der Waals surface area contributed by atoms with Crippen molar-refractivity contribution in [2.45, 2.75) is 12.6 Å². The minimum atomic E-state index is -0.904. The third-order valence-corrected chi connectivity index (χ3v) is 7.04. The van der Waals surface area contributed by atoms with Gasteiger partial charge >= 0.3 is 5.97 Å². The van der Waals surface area contributed by atoms with E-state index in [9.17, 15) is 14.3 Å². The zero-order chi connectivity index (χ0) is 26.6. The molecule has 0 saturated carbocycles. The third-order valence-electron chi connectivity index (χ3n) is 6.75. The van der Waals surface area contributed by atoms with Crippen molar-refractivity contribution in [1.29, 1.82) is 0 Å². The number of hydrogen-bond acceptors (Lipinski definition) is 8. The molecule has 0 bridgehead atoms. The van der Waals surface area contributed by atoms with E-state index in [4.69, 9.17) is 17.3 Å². The van der Waals surface area contributed by atoms with Crippen molar-refractivity contribution in [2.75, 3.05) is 42.9 Å². The Morgan fingerprint density at radius 2 is 1.79 bits per heavy atom. The Balaban J connectivity index is 1.33. The number of carboxylic acids is 1. The first-order chi connectivity index (χ1) is 18.4. The fourth-order valence-electron chi connectivity index (χ4n) is 4.63. The van der Waals surface area contributed by atoms with Gasteiger partial charge in [-0.25, -0.2) is 14.4 Å². The molecule has 0 spiro atoms. The van der Waals surface area contributed by atoms with E-state index >= 15 is 0 Å². The number of halogens is 2. The van der Waals surface area contributed by atoms with Crippen molar-refractivity contribution in [3.05, 3.63) is 77.5 Å². The highest BCUT2D eigenvalue weighted by Gasteiger charge is 2.28. The number of nitrogens with two attached hydrogens (primary N) is 1. The molecule has 0 aliphatic carbocycles. The number of benzene rings is 2. The van der Waals surface area contributed by atoms with Gasteiger partial charge < -0.3 is 21.1 Å². The Morgan fingerprint density at radius 3 is 2.47 bits per heavy atom. The van der Waals surface area contributed by atoms with Crippen LogP contribution in [0.3, 0.4) is 0 Å². The number of nitrogens with one attached hydrogen (secondary N) is 1. The normalized spacial score (nSPS) is 15.0. The highest BCUT2D eigenvalue weighted by atomic mass is 35.5. The first-order valence-corrected chi connectivity index (χ1v) is 12.6. The van der Waals surface area contributed by atoms with Gasteiger partial charge in [-0.15, -0.1) is 0 Å². The van der Waals surface area contributed by atoms with E-state index < -0.39 is 12.0 Å². The fraction of sp³-hybridized carbons (Fsp3) is 0.259. The monoisotopic (exact) mass is 535 g/mol. The first kappa shape index (κ1) is 25.8. The number of nitrogens with zero attached hydrogens (tertiary/aromatic N) is 5. The molecule has 1 unspecified atom stereocenters. The van der Waals surface area contributed by atoms with Crippen molar-refractivity contribution >= 4 is 40.1 Å². The molecule has 0 radical (unpaired) electrons. The summed E-state index contributed by atoms with van der Waals surface area (Å²) in [7, 11) is 0. The molecule has 0 amide bonds. The molecule has 4 aromatic rings. The number of piperazine rings is 1. The van der Waals surface area contributed by atoms with E-state index in [2.05, 4.69) is 20.3 Å². The van der Waals surface area contributed by atoms with Crippen LogP contribution in [0.1, 0.15) is 5.56 Å². The van der Waals surface area contributed by atoms with Crippen molar-refractivity contribution in [3.8, 4) is 11.1 Å². The van der Waals surface area contributed by atoms with E-state index in [1.54, 1.807) is 36.8 Å². The maximum atomic E-state index is 14.1. The zero-order valence-electron chi connectivity index (χ0n) is 20.5. The maximum Gasteiger partial charge on any atom is 0.322 e. The van der Waals surface area contributed by atoms with E-state index in [0.29, 0.717) is 48.4 Å². The van der Waals surface area contributed by atoms with Crippen LogP contribution in [-0.4, -0.2) is 69.7 Å². The first-order valence-electron chi connectivity index (χ1n) is 12.2. The molecule has 1 saturated heterocycles. The van der Waals surface area contributed by atoms with Crippen LogP contribution in [0, 0.1) is 5.82 Å². The van der Waals surface area contributed by atoms with E-state index in [1.807, 2.05) is 28.0 Å². The van der Waals surface area contributed by atoms with E-state index in [-0.39, 0.29) is 18.9 Å². The zero-order valence-corrected chi connectivity index (χ0v) is 21.3. The maximum absolute atomic E-state index is 14.1. The van der Waals surface area contributed by atoms with Gasteiger partial charge in [0.15, 0.2) is 0 Å². The van der Waals surface area contributed by atoms with Gasteiger partial charge in [0.25, 0.3) is 0 Å². The molecule has 2 aromatic heterocycles. The molecule has 1 atom stereocenters. The highest BCUT2D eigenvalue weighted by Crippen LogP contribution is 2.33. The summed E-state index contributed by atoms with van der Waals surface area (Å²) in [4.78, 5) is 28.9. The predicted octanol–water partition coefficient (Wildman–Crippen LogP) is 3.63. The minimum absolute atomic E-state index is 0.0768. The summed E-state index contributed by atoms with van der Waals surface area (Å²) in [6, 6.07) is 11.7. The Bertz CT molecular complexity index is 1450. The molecule has 4 N–H and O–H groups in total. The van der Waals surface area contributed by atoms with Crippen molar-refractivity contribution in [3.63, 3.8) is 0 Å². The number of carbonyl (C=O) groups is 1. The molecular weight excluding hydrogens is 509 g/mol. The Kier molecular flexibility index (Phi) is 7.64. The van der Waals surface area contributed by atoms with E-state index in [1.165, 1.54) is 6.07 Å². The fourth-order valence-corrected chi connectivity index (χ4v) is 4.84. The molecule has 2 aromatic carbocycles. The molecule has 196 valence electrons. The lowest BCUT2D eigenvalue weighted by atomic mass is 10.0. The van der Waals surface area contributed by atoms with Crippen molar-refractivity contribution in [1.82, 2.24) is 19.9 Å². The quantitative estimate of drug-likeness (QED) is 0.310. The van der Waals surface area contributed by atoms with Crippen LogP contribution in [0.25, 0.3) is 22.0 Å². The smallest absolute Gasteiger partial charge is 0.322 e. The van der Waals surface area contributed by atoms with Crippen LogP contribution in [0.2, 0.25) is 5.02 Å². The summed E-state index contributed by atoms with van der Waals surface area (Å²) in [6.07, 6.45) is 5.11. The van der Waals surface area contributed by atoms with Gasteiger partial charge in [0, 0.05) is 74.4 Å². The number of fused-ring (bicyclic) bond motifs is 1. The molecule has 11 heteroatoms. The Hall–Kier alpha value is -3.86. The SMILES string of the molecule is NCC(C(=O)O)N1CCN(c2ncc(-c3ccc4ncc(Cl)c(NCc5ccccc5F)c4c3)cn2)CC1. The second-order valence-electron chi connectivity index (χ2n) is 9.04. The summed E-state index contributed by atoms with van der Waals surface area (Å²) in [5.41, 5.74) is 9.31. The van der Waals surface area contributed by atoms with Crippen LogP contribution < -0.4 is 16.0 Å². The molecule has 1 aliphatic heterocycles. The van der Waals surface area contributed by atoms with Crippen molar-refractivity contribution < 1.29 is 14.3 Å². The van der Waals surface area contributed by atoms with Crippen LogP contribution in [0.4, 0.5) is 16.0 Å². The van der Waals surface area contributed by atoms with Gasteiger partial charge in [-0.3, -0.25) is 14.7 Å². The summed E-state index contributed by atoms with van der Waals surface area (Å²) in [5, 5.41) is 13.9. The molecule has 9 nitrogen and oxygen atoms in total. The lowest BCUT2D eigenvalue weighted by Gasteiger charge is -2.37. The summed E-state index contributed by atoms with van der Waals surface area (Å²) >= 11 is 6.48. The second kappa shape index (κ2) is 11.3. The number of aliphatic carboxylic acids is 1. The molecule has 1 fully saturated rings. The van der Waals surface area contributed by atoms with Crippen molar-refractivity contribution in [2.24, 2.45) is 5.73 Å².